The van der Waals surface area contributed by atoms with Gasteiger partial charge >= 0.3 is 0 Å². The maximum absolute atomic E-state index is 12.5. The number of halogens is 1. The number of likely N-dealkylation sites (N-methyl/N-ethyl adjacent to an activating group) is 1. The third-order valence-corrected chi connectivity index (χ3v) is 3.62. The monoisotopic (exact) mass is 342 g/mol. The van der Waals surface area contributed by atoms with E-state index in [-0.39, 0.29) is 29.7 Å². The number of rotatable bonds is 2. The van der Waals surface area contributed by atoms with Crippen LogP contribution in [0.25, 0.3) is 0 Å². The molecule has 108 valence electrons. The number of amides is 2. The van der Waals surface area contributed by atoms with E-state index in [9.17, 15) is 14.7 Å². The number of aromatic hydroxyl groups is 1. The van der Waals surface area contributed by atoms with E-state index in [0.29, 0.717) is 17.6 Å². The zero-order valence-corrected chi connectivity index (χ0v) is 12.5. The normalized spacial score (nSPS) is 18.7. The minimum absolute atomic E-state index is 0.119. The summed E-state index contributed by atoms with van der Waals surface area (Å²) in [5.74, 6) is -0.784. The van der Waals surface area contributed by atoms with Crippen molar-refractivity contribution in [3.8, 4) is 5.75 Å². The second kappa shape index (κ2) is 6.23. The molecule has 2 amide bonds. The number of phenols is 1. The third-order valence-electron chi connectivity index (χ3n) is 3.13. The van der Waals surface area contributed by atoms with E-state index in [0.717, 1.165) is 0 Å². The van der Waals surface area contributed by atoms with Gasteiger partial charge in [0.1, 0.15) is 11.8 Å². The Morgan fingerprint density at radius 3 is 2.90 bits per heavy atom. The minimum atomic E-state index is -0.677. The summed E-state index contributed by atoms with van der Waals surface area (Å²) in [6.45, 7) is 0.839. The number of hydrogen-bond donors (Lipinski definition) is 2. The van der Waals surface area contributed by atoms with Crippen LogP contribution >= 0.6 is 15.9 Å². The molecular formula is C13H15BrN2O4. The topological polar surface area (TPSA) is 78.9 Å². The molecule has 1 aliphatic heterocycles. The van der Waals surface area contributed by atoms with Gasteiger partial charge in [0, 0.05) is 18.1 Å². The molecule has 0 spiro atoms. The van der Waals surface area contributed by atoms with Crippen molar-refractivity contribution < 1.29 is 19.4 Å². The molecule has 0 aromatic heterocycles. The molecule has 6 nitrogen and oxygen atoms in total. The first-order chi connectivity index (χ1) is 9.54. The zero-order valence-electron chi connectivity index (χ0n) is 10.9. The molecule has 1 saturated heterocycles. The van der Waals surface area contributed by atoms with Gasteiger partial charge in [-0.3, -0.25) is 9.59 Å². The molecule has 0 radical (unpaired) electrons. The second-order valence-electron chi connectivity index (χ2n) is 4.36. The van der Waals surface area contributed by atoms with Gasteiger partial charge in [-0.1, -0.05) is 15.9 Å². The Hall–Kier alpha value is -1.60. The maximum atomic E-state index is 12.5. The highest BCUT2D eigenvalue weighted by Gasteiger charge is 2.33. The van der Waals surface area contributed by atoms with Gasteiger partial charge in [-0.05, 0) is 18.2 Å². The van der Waals surface area contributed by atoms with Crippen molar-refractivity contribution in [1.29, 1.82) is 0 Å². The summed E-state index contributed by atoms with van der Waals surface area (Å²) in [7, 11) is 1.51. The molecule has 1 fully saturated rings. The average molecular weight is 343 g/mol. The van der Waals surface area contributed by atoms with Crippen LogP contribution in [0.15, 0.2) is 22.7 Å². The smallest absolute Gasteiger partial charge is 0.258 e. The number of nitrogens with one attached hydrogen (secondary N) is 1. The van der Waals surface area contributed by atoms with Gasteiger partial charge in [-0.25, -0.2) is 0 Å². The molecule has 0 aliphatic carbocycles. The predicted octanol–water partition coefficient (Wildman–Crippen LogP) is 0.742. The van der Waals surface area contributed by atoms with E-state index in [1.54, 1.807) is 6.07 Å². The lowest BCUT2D eigenvalue weighted by molar-refractivity contribution is -0.130. The Kier molecular flexibility index (Phi) is 4.61. The number of benzene rings is 1. The number of carbonyl (C=O) groups excluding carboxylic acids is 2. The molecule has 0 saturated carbocycles. The fourth-order valence-electron chi connectivity index (χ4n) is 2.07. The predicted molar refractivity (Wildman–Crippen MR) is 75.5 cm³/mol. The van der Waals surface area contributed by atoms with Crippen LogP contribution in [0, 0.1) is 0 Å². The molecule has 1 atom stereocenters. The quantitative estimate of drug-likeness (QED) is 0.830. The summed E-state index contributed by atoms with van der Waals surface area (Å²) < 4.78 is 5.92. The summed E-state index contributed by atoms with van der Waals surface area (Å²) >= 11 is 3.22. The Labute approximate surface area is 124 Å². The number of nitrogens with zero attached hydrogens (tertiary/aromatic N) is 1. The van der Waals surface area contributed by atoms with Crippen molar-refractivity contribution in [3.63, 3.8) is 0 Å². The maximum Gasteiger partial charge on any atom is 0.258 e. The SMILES string of the molecule is CNC(=O)C1COCCN1C(=O)c1ccc(Br)cc1O. The van der Waals surface area contributed by atoms with E-state index < -0.39 is 6.04 Å². The standard InChI is InChI=1S/C13H15BrN2O4/c1-15-12(18)10-7-20-5-4-16(10)13(19)9-3-2-8(14)6-11(9)17/h2-3,6,10,17H,4-5,7H2,1H3,(H,15,18). The highest BCUT2D eigenvalue weighted by molar-refractivity contribution is 9.10. The summed E-state index contributed by atoms with van der Waals surface area (Å²) in [4.78, 5) is 25.7. The average Bonchev–Trinajstić information content (AvgIpc) is 2.46. The van der Waals surface area contributed by atoms with Crippen LogP contribution < -0.4 is 5.32 Å². The molecular weight excluding hydrogens is 328 g/mol. The van der Waals surface area contributed by atoms with Crippen LogP contribution in [0.2, 0.25) is 0 Å². The summed E-state index contributed by atoms with van der Waals surface area (Å²) in [6.07, 6.45) is 0. The summed E-state index contributed by atoms with van der Waals surface area (Å²) in [5.41, 5.74) is 0.170. The first kappa shape index (κ1) is 14.8. The lowest BCUT2D eigenvalue weighted by atomic mass is 10.1. The Morgan fingerprint density at radius 1 is 1.50 bits per heavy atom. The van der Waals surface area contributed by atoms with Crippen molar-refractivity contribution in [2.75, 3.05) is 26.8 Å². The van der Waals surface area contributed by atoms with Gasteiger partial charge < -0.3 is 20.1 Å². The molecule has 1 aromatic rings. The van der Waals surface area contributed by atoms with Crippen molar-refractivity contribution in [2.24, 2.45) is 0 Å². The Morgan fingerprint density at radius 2 is 2.25 bits per heavy atom. The molecule has 1 heterocycles. The third kappa shape index (κ3) is 2.94. The van der Waals surface area contributed by atoms with Crippen LogP contribution in [-0.2, 0) is 9.53 Å². The van der Waals surface area contributed by atoms with E-state index in [1.807, 2.05) is 0 Å². The molecule has 7 heteroatoms. The van der Waals surface area contributed by atoms with Crippen LogP contribution in [0.5, 0.6) is 5.75 Å². The lowest BCUT2D eigenvalue weighted by Crippen LogP contribution is -2.55. The Bertz CT molecular complexity index is 535. The fraction of sp³-hybridized carbons (Fsp3) is 0.385. The number of carbonyl (C=O) groups is 2. The van der Waals surface area contributed by atoms with Crippen molar-refractivity contribution >= 4 is 27.7 Å². The molecule has 0 bridgehead atoms. The van der Waals surface area contributed by atoms with Gasteiger partial charge in [-0.15, -0.1) is 0 Å². The van der Waals surface area contributed by atoms with Crippen LogP contribution in [-0.4, -0.2) is 54.7 Å². The zero-order chi connectivity index (χ0) is 14.7. The molecule has 1 aromatic carbocycles. The largest absolute Gasteiger partial charge is 0.507 e. The van der Waals surface area contributed by atoms with Gasteiger partial charge in [0.15, 0.2) is 0 Å². The highest BCUT2D eigenvalue weighted by Crippen LogP contribution is 2.24. The Balaban J connectivity index is 2.27. The van der Waals surface area contributed by atoms with E-state index in [1.165, 1.54) is 24.1 Å². The molecule has 1 aliphatic rings. The first-order valence-electron chi connectivity index (χ1n) is 6.13. The second-order valence-corrected chi connectivity index (χ2v) is 5.28. The van der Waals surface area contributed by atoms with E-state index >= 15 is 0 Å². The number of hydrogen-bond acceptors (Lipinski definition) is 4. The molecule has 2 N–H and O–H groups in total. The molecule has 1 unspecified atom stereocenters. The van der Waals surface area contributed by atoms with Gasteiger partial charge in [-0.2, -0.15) is 0 Å². The number of phenolic OH excluding ortho intramolecular Hbond substituents is 1. The van der Waals surface area contributed by atoms with Gasteiger partial charge in [0.05, 0.1) is 18.8 Å². The molecule has 20 heavy (non-hydrogen) atoms. The van der Waals surface area contributed by atoms with Crippen molar-refractivity contribution in [2.45, 2.75) is 6.04 Å². The van der Waals surface area contributed by atoms with Crippen molar-refractivity contribution in [3.05, 3.63) is 28.2 Å². The number of morpholine rings is 1. The minimum Gasteiger partial charge on any atom is -0.507 e. The summed E-state index contributed by atoms with van der Waals surface area (Å²) in [5, 5.41) is 12.4. The van der Waals surface area contributed by atoms with Crippen molar-refractivity contribution in [1.82, 2.24) is 10.2 Å². The lowest BCUT2D eigenvalue weighted by Gasteiger charge is -2.34. The first-order valence-corrected chi connectivity index (χ1v) is 6.92. The van der Waals surface area contributed by atoms with Crippen LogP contribution in [0.4, 0.5) is 0 Å². The van der Waals surface area contributed by atoms with E-state index in [2.05, 4.69) is 21.2 Å². The van der Waals surface area contributed by atoms with Gasteiger partial charge in [0.2, 0.25) is 5.91 Å². The van der Waals surface area contributed by atoms with Gasteiger partial charge in [0.25, 0.3) is 5.91 Å². The highest BCUT2D eigenvalue weighted by atomic mass is 79.9. The fourth-order valence-corrected chi connectivity index (χ4v) is 2.42. The number of ether oxygens (including phenoxy) is 1. The molecule has 2 rings (SSSR count). The van der Waals surface area contributed by atoms with Crippen LogP contribution in [0.1, 0.15) is 10.4 Å². The summed E-state index contributed by atoms with van der Waals surface area (Å²) in [6, 6.07) is 3.97. The van der Waals surface area contributed by atoms with Crippen LogP contribution in [0.3, 0.4) is 0 Å². The van der Waals surface area contributed by atoms with E-state index in [4.69, 9.17) is 4.74 Å².